The predicted octanol–water partition coefficient (Wildman–Crippen LogP) is 3.90. The first-order valence-corrected chi connectivity index (χ1v) is 7.73. The Hall–Kier alpha value is -1.85. The summed E-state index contributed by atoms with van der Waals surface area (Å²) in [4.78, 5) is 14.4. The summed E-state index contributed by atoms with van der Waals surface area (Å²) >= 11 is 3.44. The first-order valence-electron chi connectivity index (χ1n) is 6.94. The van der Waals surface area contributed by atoms with Crippen LogP contribution in [0.3, 0.4) is 0 Å². The summed E-state index contributed by atoms with van der Waals surface area (Å²) in [5.41, 5.74) is 3.45. The van der Waals surface area contributed by atoms with Crippen molar-refractivity contribution in [2.24, 2.45) is 0 Å². The lowest BCUT2D eigenvalue weighted by Gasteiger charge is -2.22. The summed E-state index contributed by atoms with van der Waals surface area (Å²) in [6, 6.07) is 11.3. The SMILES string of the molecule is Cc1cc(Br)ccc1N(C)C(=O)c1ccc2c(c1)COCO2. The van der Waals surface area contributed by atoms with Crippen LogP contribution >= 0.6 is 15.9 Å². The smallest absolute Gasteiger partial charge is 0.258 e. The Balaban J connectivity index is 1.89. The van der Waals surface area contributed by atoms with Gasteiger partial charge in [-0.05, 0) is 48.9 Å². The van der Waals surface area contributed by atoms with Crippen molar-refractivity contribution in [3.63, 3.8) is 0 Å². The van der Waals surface area contributed by atoms with Crippen LogP contribution in [0.2, 0.25) is 0 Å². The largest absolute Gasteiger partial charge is 0.467 e. The van der Waals surface area contributed by atoms with E-state index in [9.17, 15) is 4.79 Å². The molecule has 0 aromatic heterocycles. The fourth-order valence-electron chi connectivity index (χ4n) is 2.52. The molecular weight excluding hydrogens is 346 g/mol. The van der Waals surface area contributed by atoms with E-state index >= 15 is 0 Å². The molecule has 0 radical (unpaired) electrons. The Morgan fingerprint density at radius 1 is 1.23 bits per heavy atom. The van der Waals surface area contributed by atoms with Gasteiger partial charge < -0.3 is 14.4 Å². The number of carbonyl (C=O) groups excluding carboxylic acids is 1. The van der Waals surface area contributed by atoms with E-state index in [4.69, 9.17) is 9.47 Å². The maximum absolute atomic E-state index is 12.7. The van der Waals surface area contributed by atoms with E-state index in [-0.39, 0.29) is 12.7 Å². The van der Waals surface area contributed by atoms with Gasteiger partial charge in [-0.15, -0.1) is 0 Å². The fraction of sp³-hybridized carbons (Fsp3) is 0.235. The average Bonchev–Trinajstić information content (AvgIpc) is 2.53. The molecule has 2 aromatic rings. The summed E-state index contributed by atoms with van der Waals surface area (Å²) in [5.74, 6) is 0.726. The van der Waals surface area contributed by atoms with Gasteiger partial charge in [0.25, 0.3) is 5.91 Å². The number of aryl methyl sites for hydroxylation is 1. The monoisotopic (exact) mass is 361 g/mol. The summed E-state index contributed by atoms with van der Waals surface area (Å²) < 4.78 is 11.6. The number of benzene rings is 2. The number of nitrogens with zero attached hydrogens (tertiary/aromatic N) is 1. The van der Waals surface area contributed by atoms with Crippen LogP contribution in [0.1, 0.15) is 21.5 Å². The Morgan fingerprint density at radius 2 is 2.05 bits per heavy atom. The lowest BCUT2D eigenvalue weighted by molar-refractivity contribution is -0.0163. The Kier molecular flexibility index (Phi) is 4.18. The third kappa shape index (κ3) is 2.87. The summed E-state index contributed by atoms with van der Waals surface area (Å²) in [6.07, 6.45) is 0. The van der Waals surface area contributed by atoms with Gasteiger partial charge in [0, 0.05) is 28.3 Å². The number of ether oxygens (including phenoxy) is 2. The standard InChI is InChI=1S/C17H16BrNO3/c1-11-7-14(18)4-5-15(11)19(2)17(20)12-3-6-16-13(8-12)9-21-10-22-16/h3-8H,9-10H2,1-2H3. The van der Waals surface area contributed by atoms with Crippen molar-refractivity contribution in [1.29, 1.82) is 0 Å². The molecule has 2 aromatic carbocycles. The maximum atomic E-state index is 12.7. The fourth-order valence-corrected chi connectivity index (χ4v) is 3.00. The quantitative estimate of drug-likeness (QED) is 0.813. The number of hydrogen-bond donors (Lipinski definition) is 0. The van der Waals surface area contributed by atoms with Gasteiger partial charge in [-0.1, -0.05) is 15.9 Å². The van der Waals surface area contributed by atoms with E-state index in [2.05, 4.69) is 15.9 Å². The highest BCUT2D eigenvalue weighted by Gasteiger charge is 2.18. The number of fused-ring (bicyclic) bond motifs is 1. The molecule has 0 atom stereocenters. The Morgan fingerprint density at radius 3 is 2.82 bits per heavy atom. The van der Waals surface area contributed by atoms with Crippen LogP contribution in [-0.2, 0) is 11.3 Å². The van der Waals surface area contributed by atoms with Crippen LogP contribution in [0.25, 0.3) is 0 Å². The molecule has 22 heavy (non-hydrogen) atoms. The minimum atomic E-state index is -0.0567. The molecule has 0 spiro atoms. The molecule has 0 unspecified atom stereocenters. The van der Waals surface area contributed by atoms with Gasteiger partial charge in [0.15, 0.2) is 6.79 Å². The average molecular weight is 362 g/mol. The molecule has 0 bridgehead atoms. The second kappa shape index (κ2) is 6.10. The van der Waals surface area contributed by atoms with Crippen LogP contribution in [0.5, 0.6) is 5.75 Å². The molecule has 0 N–H and O–H groups in total. The number of rotatable bonds is 2. The third-order valence-electron chi connectivity index (χ3n) is 3.69. The van der Waals surface area contributed by atoms with Crippen molar-refractivity contribution >= 4 is 27.5 Å². The number of amides is 1. The number of halogens is 1. The predicted molar refractivity (Wildman–Crippen MR) is 88.3 cm³/mol. The van der Waals surface area contributed by atoms with Crippen LogP contribution in [0.15, 0.2) is 40.9 Å². The second-order valence-electron chi connectivity index (χ2n) is 5.23. The lowest BCUT2D eigenvalue weighted by Crippen LogP contribution is -2.27. The summed E-state index contributed by atoms with van der Waals surface area (Å²) in [6.45, 7) is 2.72. The van der Waals surface area contributed by atoms with Gasteiger partial charge in [-0.2, -0.15) is 0 Å². The summed E-state index contributed by atoms with van der Waals surface area (Å²) in [7, 11) is 1.78. The van der Waals surface area contributed by atoms with Gasteiger partial charge in [0.05, 0.1) is 6.61 Å². The normalized spacial score (nSPS) is 13.2. The van der Waals surface area contributed by atoms with E-state index < -0.39 is 0 Å². The molecule has 0 aliphatic carbocycles. The van der Waals surface area contributed by atoms with Gasteiger partial charge in [0.2, 0.25) is 0 Å². The molecule has 1 aliphatic rings. The van der Waals surface area contributed by atoms with E-state index in [1.807, 2.05) is 37.3 Å². The van der Waals surface area contributed by atoms with E-state index in [1.165, 1.54) is 0 Å². The molecule has 4 nitrogen and oxygen atoms in total. The highest BCUT2D eigenvalue weighted by molar-refractivity contribution is 9.10. The zero-order valence-electron chi connectivity index (χ0n) is 12.4. The molecule has 0 saturated carbocycles. The number of anilines is 1. The molecule has 0 fully saturated rings. The van der Waals surface area contributed by atoms with Crippen LogP contribution < -0.4 is 9.64 Å². The maximum Gasteiger partial charge on any atom is 0.258 e. The van der Waals surface area contributed by atoms with Gasteiger partial charge in [0.1, 0.15) is 5.75 Å². The molecule has 114 valence electrons. The first kappa shape index (κ1) is 15.1. The van der Waals surface area contributed by atoms with Crippen molar-refractivity contribution in [1.82, 2.24) is 0 Å². The van der Waals surface area contributed by atoms with Gasteiger partial charge in [-0.25, -0.2) is 0 Å². The molecule has 1 aliphatic heterocycles. The Labute approximate surface area is 137 Å². The molecule has 0 saturated heterocycles. The molecule has 3 rings (SSSR count). The van der Waals surface area contributed by atoms with E-state index in [1.54, 1.807) is 18.0 Å². The van der Waals surface area contributed by atoms with Crippen LogP contribution in [0.4, 0.5) is 5.69 Å². The van der Waals surface area contributed by atoms with Gasteiger partial charge >= 0.3 is 0 Å². The zero-order valence-corrected chi connectivity index (χ0v) is 14.0. The Bertz CT molecular complexity index is 730. The minimum absolute atomic E-state index is 0.0567. The van der Waals surface area contributed by atoms with Crippen molar-refractivity contribution in [2.75, 3.05) is 18.7 Å². The van der Waals surface area contributed by atoms with E-state index in [0.717, 1.165) is 27.0 Å². The highest BCUT2D eigenvalue weighted by atomic mass is 79.9. The van der Waals surface area contributed by atoms with E-state index in [0.29, 0.717) is 12.2 Å². The van der Waals surface area contributed by atoms with Crippen molar-refractivity contribution in [2.45, 2.75) is 13.5 Å². The molecule has 1 heterocycles. The lowest BCUT2D eigenvalue weighted by atomic mass is 10.1. The number of carbonyl (C=O) groups is 1. The molecule has 1 amide bonds. The topological polar surface area (TPSA) is 38.8 Å². The third-order valence-corrected chi connectivity index (χ3v) is 4.18. The minimum Gasteiger partial charge on any atom is -0.467 e. The second-order valence-corrected chi connectivity index (χ2v) is 6.14. The summed E-state index contributed by atoms with van der Waals surface area (Å²) in [5, 5.41) is 0. The zero-order chi connectivity index (χ0) is 15.7. The molecule has 5 heteroatoms. The van der Waals surface area contributed by atoms with Crippen molar-refractivity contribution < 1.29 is 14.3 Å². The van der Waals surface area contributed by atoms with Gasteiger partial charge in [-0.3, -0.25) is 4.79 Å². The molecular formula is C17H16BrNO3. The number of hydrogen-bond acceptors (Lipinski definition) is 3. The van der Waals surface area contributed by atoms with Crippen molar-refractivity contribution in [3.05, 3.63) is 57.6 Å². The van der Waals surface area contributed by atoms with Crippen LogP contribution in [-0.4, -0.2) is 19.7 Å². The van der Waals surface area contributed by atoms with Crippen LogP contribution in [0, 0.1) is 6.92 Å². The van der Waals surface area contributed by atoms with Crippen molar-refractivity contribution in [3.8, 4) is 5.75 Å². The first-order chi connectivity index (χ1) is 10.6. The highest BCUT2D eigenvalue weighted by Crippen LogP contribution is 2.27.